The second-order valence-corrected chi connectivity index (χ2v) is 4.17. The molecule has 3 nitrogen and oxygen atoms in total. The van der Waals surface area contributed by atoms with E-state index in [1.165, 1.54) is 0 Å². The van der Waals surface area contributed by atoms with Crippen molar-refractivity contribution in [2.24, 2.45) is 5.92 Å². The summed E-state index contributed by atoms with van der Waals surface area (Å²) in [4.78, 5) is 0. The maximum Gasteiger partial charge on any atom is 0.0823 e. The quantitative estimate of drug-likeness (QED) is 0.771. The summed E-state index contributed by atoms with van der Waals surface area (Å²) in [6.45, 7) is 4.22. The molecular formula is C13H20O3. The molecule has 3 heteroatoms. The first-order chi connectivity index (χ1) is 7.61. The molecule has 0 aliphatic heterocycles. The summed E-state index contributed by atoms with van der Waals surface area (Å²) in [7, 11) is 0. The second kappa shape index (κ2) is 6.63. The molecule has 0 fully saturated rings. The van der Waals surface area contributed by atoms with E-state index >= 15 is 0 Å². The summed E-state index contributed by atoms with van der Waals surface area (Å²) in [5, 5.41) is 19.0. The summed E-state index contributed by atoms with van der Waals surface area (Å²) in [6, 6.07) is 9.81. The van der Waals surface area contributed by atoms with E-state index < -0.39 is 12.2 Å². The molecule has 0 saturated carbocycles. The van der Waals surface area contributed by atoms with Crippen molar-refractivity contribution in [3.63, 3.8) is 0 Å². The highest BCUT2D eigenvalue weighted by Gasteiger charge is 2.18. The molecule has 1 rings (SSSR count). The lowest BCUT2D eigenvalue weighted by molar-refractivity contribution is -0.0307. The minimum Gasteiger partial charge on any atom is -0.393 e. The first kappa shape index (κ1) is 13.2. The average Bonchev–Trinajstić information content (AvgIpc) is 2.29. The highest BCUT2D eigenvalue weighted by molar-refractivity contribution is 5.13. The van der Waals surface area contributed by atoms with Crippen LogP contribution in [0.1, 0.15) is 19.4 Å². The van der Waals surface area contributed by atoms with E-state index in [-0.39, 0.29) is 12.5 Å². The third-order valence-corrected chi connectivity index (χ3v) is 2.77. The molecule has 90 valence electrons. The average molecular weight is 224 g/mol. The van der Waals surface area contributed by atoms with Gasteiger partial charge in [0, 0.05) is 5.92 Å². The molecule has 0 heterocycles. The number of ether oxygens (including phenoxy) is 1. The molecule has 0 amide bonds. The summed E-state index contributed by atoms with van der Waals surface area (Å²) in [5.74, 6) is -0.171. The van der Waals surface area contributed by atoms with E-state index in [2.05, 4.69) is 0 Å². The summed E-state index contributed by atoms with van der Waals surface area (Å²) < 4.78 is 5.39. The largest absolute Gasteiger partial charge is 0.393 e. The monoisotopic (exact) mass is 224 g/mol. The van der Waals surface area contributed by atoms with Crippen LogP contribution in [-0.2, 0) is 11.3 Å². The van der Waals surface area contributed by atoms with Gasteiger partial charge in [0.05, 0.1) is 25.4 Å². The highest BCUT2D eigenvalue weighted by atomic mass is 16.5. The van der Waals surface area contributed by atoms with Crippen molar-refractivity contribution in [1.29, 1.82) is 0 Å². The maximum absolute atomic E-state index is 9.68. The molecule has 0 aliphatic rings. The zero-order valence-corrected chi connectivity index (χ0v) is 9.84. The van der Waals surface area contributed by atoms with Gasteiger partial charge in [-0.2, -0.15) is 0 Å². The van der Waals surface area contributed by atoms with E-state index in [1.807, 2.05) is 30.3 Å². The molecule has 0 spiro atoms. The molecule has 0 aromatic heterocycles. The Balaban J connectivity index is 2.25. The third-order valence-electron chi connectivity index (χ3n) is 2.77. The van der Waals surface area contributed by atoms with Crippen molar-refractivity contribution >= 4 is 0 Å². The molecule has 0 aliphatic carbocycles. The molecule has 0 bridgehead atoms. The molecule has 1 aromatic carbocycles. The van der Waals surface area contributed by atoms with Gasteiger partial charge in [-0.1, -0.05) is 37.3 Å². The van der Waals surface area contributed by atoms with Crippen LogP contribution in [0.25, 0.3) is 0 Å². The standard InChI is InChI=1S/C13H20O3/c1-10(11(2)14)13(15)9-16-8-12-6-4-3-5-7-12/h3-7,10-11,13-15H,8-9H2,1-2H3/t10-,11-,13-/m1/s1. The van der Waals surface area contributed by atoms with Gasteiger partial charge in [-0.15, -0.1) is 0 Å². The molecule has 0 unspecified atom stereocenters. The number of aliphatic hydroxyl groups is 2. The van der Waals surface area contributed by atoms with E-state index in [0.717, 1.165) is 5.56 Å². The maximum atomic E-state index is 9.68. The molecule has 0 radical (unpaired) electrons. The Bertz CT molecular complexity index is 284. The molecule has 1 aromatic rings. The van der Waals surface area contributed by atoms with Gasteiger partial charge >= 0.3 is 0 Å². The molecule has 0 saturated heterocycles. The van der Waals surface area contributed by atoms with Gasteiger partial charge in [-0.25, -0.2) is 0 Å². The van der Waals surface area contributed by atoms with Crippen LogP contribution in [0.3, 0.4) is 0 Å². The fraction of sp³-hybridized carbons (Fsp3) is 0.538. The number of benzene rings is 1. The lowest BCUT2D eigenvalue weighted by Gasteiger charge is -2.21. The van der Waals surface area contributed by atoms with E-state index in [9.17, 15) is 10.2 Å². The van der Waals surface area contributed by atoms with Crippen LogP contribution in [0, 0.1) is 5.92 Å². The Kier molecular flexibility index (Phi) is 5.46. The summed E-state index contributed by atoms with van der Waals surface area (Å²) >= 11 is 0. The number of rotatable bonds is 6. The Hall–Kier alpha value is -0.900. The fourth-order valence-electron chi connectivity index (χ4n) is 1.35. The van der Waals surface area contributed by atoms with Crippen LogP contribution in [0.15, 0.2) is 30.3 Å². The van der Waals surface area contributed by atoms with Crippen molar-refractivity contribution in [3.05, 3.63) is 35.9 Å². The van der Waals surface area contributed by atoms with Gasteiger partial charge in [0.25, 0.3) is 0 Å². The first-order valence-electron chi connectivity index (χ1n) is 5.59. The van der Waals surface area contributed by atoms with Crippen molar-refractivity contribution in [3.8, 4) is 0 Å². The van der Waals surface area contributed by atoms with Gasteiger partial charge in [-0.05, 0) is 12.5 Å². The van der Waals surface area contributed by atoms with Gasteiger partial charge in [0.2, 0.25) is 0 Å². The first-order valence-corrected chi connectivity index (χ1v) is 5.59. The Morgan fingerprint density at radius 1 is 1.12 bits per heavy atom. The number of aliphatic hydroxyl groups excluding tert-OH is 2. The number of hydrogen-bond acceptors (Lipinski definition) is 3. The lowest BCUT2D eigenvalue weighted by atomic mass is 10.0. The van der Waals surface area contributed by atoms with Crippen LogP contribution in [-0.4, -0.2) is 29.0 Å². The number of hydrogen-bond donors (Lipinski definition) is 2. The minimum absolute atomic E-state index is 0.171. The smallest absolute Gasteiger partial charge is 0.0823 e. The summed E-state index contributed by atoms with van der Waals surface area (Å²) in [5.41, 5.74) is 1.08. The lowest BCUT2D eigenvalue weighted by Crippen LogP contribution is -2.31. The second-order valence-electron chi connectivity index (χ2n) is 4.17. The molecule has 3 atom stereocenters. The molecule has 16 heavy (non-hydrogen) atoms. The minimum atomic E-state index is -0.622. The van der Waals surface area contributed by atoms with E-state index in [0.29, 0.717) is 6.61 Å². The van der Waals surface area contributed by atoms with Crippen molar-refractivity contribution in [2.45, 2.75) is 32.7 Å². The fourth-order valence-corrected chi connectivity index (χ4v) is 1.35. The molecular weight excluding hydrogens is 204 g/mol. The Morgan fingerprint density at radius 2 is 1.75 bits per heavy atom. The van der Waals surface area contributed by atoms with Crippen LogP contribution in [0.2, 0.25) is 0 Å². The SMILES string of the molecule is C[C@@H]([C@H](O)COCc1ccccc1)[C@@H](C)O. The third kappa shape index (κ3) is 4.31. The zero-order valence-electron chi connectivity index (χ0n) is 9.84. The van der Waals surface area contributed by atoms with Gasteiger partial charge in [-0.3, -0.25) is 0 Å². The highest BCUT2D eigenvalue weighted by Crippen LogP contribution is 2.09. The van der Waals surface area contributed by atoms with Gasteiger partial charge in [0.1, 0.15) is 0 Å². The van der Waals surface area contributed by atoms with Crippen molar-refractivity contribution in [1.82, 2.24) is 0 Å². The van der Waals surface area contributed by atoms with Crippen molar-refractivity contribution in [2.75, 3.05) is 6.61 Å². The predicted octanol–water partition coefficient (Wildman–Crippen LogP) is 1.58. The normalized spacial score (nSPS) is 16.8. The topological polar surface area (TPSA) is 49.7 Å². The zero-order chi connectivity index (χ0) is 12.0. The van der Waals surface area contributed by atoms with Crippen molar-refractivity contribution < 1.29 is 14.9 Å². The van der Waals surface area contributed by atoms with E-state index in [4.69, 9.17) is 4.74 Å². The molecule has 2 N–H and O–H groups in total. The predicted molar refractivity (Wildman–Crippen MR) is 62.9 cm³/mol. The van der Waals surface area contributed by atoms with Gasteiger partial charge in [0.15, 0.2) is 0 Å². The van der Waals surface area contributed by atoms with Crippen LogP contribution < -0.4 is 0 Å². The Morgan fingerprint density at radius 3 is 2.31 bits per heavy atom. The summed E-state index contributed by atoms with van der Waals surface area (Å²) in [6.07, 6.45) is -1.14. The van der Waals surface area contributed by atoms with E-state index in [1.54, 1.807) is 13.8 Å². The Labute approximate surface area is 96.7 Å². The van der Waals surface area contributed by atoms with Gasteiger partial charge < -0.3 is 14.9 Å². The van der Waals surface area contributed by atoms with Crippen LogP contribution in [0.4, 0.5) is 0 Å². The van der Waals surface area contributed by atoms with Crippen LogP contribution in [0.5, 0.6) is 0 Å². The van der Waals surface area contributed by atoms with Crippen LogP contribution >= 0.6 is 0 Å².